The highest BCUT2D eigenvalue weighted by atomic mass is 28.2. The third-order valence-electron chi connectivity index (χ3n) is 2.07. The van der Waals surface area contributed by atoms with Crippen LogP contribution in [0.3, 0.4) is 0 Å². The molecule has 13 heavy (non-hydrogen) atoms. The van der Waals surface area contributed by atoms with E-state index in [9.17, 15) is 0 Å². The molecule has 0 amide bonds. The zero-order chi connectivity index (χ0) is 9.94. The first-order valence-electron chi connectivity index (χ1n) is 5.43. The van der Waals surface area contributed by atoms with Crippen LogP contribution in [0.4, 0.5) is 0 Å². The molecule has 0 bridgehead atoms. The SMILES string of the molecule is CC(N)C[SiH2]CCCNCCCN. The monoisotopic (exact) mass is 203 g/mol. The van der Waals surface area contributed by atoms with Crippen LogP contribution in [0.25, 0.3) is 0 Å². The van der Waals surface area contributed by atoms with Crippen LogP contribution >= 0.6 is 0 Å². The zero-order valence-electron chi connectivity index (χ0n) is 8.89. The number of hydrogen-bond acceptors (Lipinski definition) is 3. The van der Waals surface area contributed by atoms with E-state index in [1.165, 1.54) is 18.5 Å². The fourth-order valence-corrected chi connectivity index (χ4v) is 2.78. The van der Waals surface area contributed by atoms with Crippen LogP contribution in [0.15, 0.2) is 0 Å². The zero-order valence-corrected chi connectivity index (χ0v) is 10.3. The van der Waals surface area contributed by atoms with Gasteiger partial charge in [-0.25, -0.2) is 0 Å². The van der Waals surface area contributed by atoms with E-state index in [2.05, 4.69) is 12.2 Å². The molecule has 0 heterocycles. The van der Waals surface area contributed by atoms with Gasteiger partial charge in [0, 0.05) is 9.52 Å². The van der Waals surface area contributed by atoms with Gasteiger partial charge in [0.25, 0.3) is 0 Å². The molecule has 0 saturated carbocycles. The molecule has 0 saturated heterocycles. The second-order valence-electron chi connectivity index (χ2n) is 3.72. The number of nitrogens with one attached hydrogen (secondary N) is 1. The molecule has 0 aliphatic carbocycles. The first-order chi connectivity index (χ1) is 6.27. The average molecular weight is 203 g/mol. The molecule has 80 valence electrons. The maximum atomic E-state index is 5.68. The molecule has 0 spiro atoms. The summed E-state index contributed by atoms with van der Waals surface area (Å²) < 4.78 is 0. The van der Waals surface area contributed by atoms with Gasteiger partial charge in [0.15, 0.2) is 0 Å². The molecule has 0 aromatic carbocycles. The van der Waals surface area contributed by atoms with E-state index in [-0.39, 0.29) is 9.52 Å². The van der Waals surface area contributed by atoms with E-state index in [0.29, 0.717) is 6.04 Å². The summed E-state index contributed by atoms with van der Waals surface area (Å²) in [6, 6.07) is 3.15. The standard InChI is InChI=1S/C9H25N3Si/c1-9(11)8-13-7-3-6-12-5-2-4-10/h9,12H,2-8,10-11,13H2,1H3. The molecule has 0 radical (unpaired) electrons. The normalized spacial score (nSPS) is 14.1. The topological polar surface area (TPSA) is 64.1 Å². The van der Waals surface area contributed by atoms with Crippen LogP contribution in [-0.4, -0.2) is 35.2 Å². The highest BCUT2D eigenvalue weighted by Crippen LogP contribution is 1.93. The predicted octanol–water partition coefficient (Wildman–Crippen LogP) is -0.332. The largest absolute Gasteiger partial charge is 0.330 e. The van der Waals surface area contributed by atoms with Crippen LogP contribution < -0.4 is 16.8 Å². The second kappa shape index (κ2) is 10.2. The number of nitrogens with two attached hydrogens (primary N) is 2. The summed E-state index contributed by atoms with van der Waals surface area (Å²) in [5.74, 6) is 0. The molecular weight excluding hydrogens is 178 g/mol. The highest BCUT2D eigenvalue weighted by molar-refractivity contribution is 6.35. The number of hydrogen-bond donors (Lipinski definition) is 3. The van der Waals surface area contributed by atoms with Crippen LogP contribution in [0.5, 0.6) is 0 Å². The lowest BCUT2D eigenvalue weighted by molar-refractivity contribution is 0.643. The molecule has 1 atom stereocenters. The fraction of sp³-hybridized carbons (Fsp3) is 1.00. The Hall–Kier alpha value is 0.0969. The summed E-state index contributed by atoms with van der Waals surface area (Å²) in [7, 11) is 0.135. The molecule has 1 unspecified atom stereocenters. The van der Waals surface area contributed by atoms with Crippen molar-refractivity contribution in [3.8, 4) is 0 Å². The summed E-state index contributed by atoms with van der Waals surface area (Å²) in [6.45, 7) is 5.14. The fourth-order valence-electron chi connectivity index (χ4n) is 1.25. The molecular formula is C9H25N3Si. The molecule has 0 fully saturated rings. The Labute approximate surface area is 84.5 Å². The van der Waals surface area contributed by atoms with Crippen molar-refractivity contribution in [3.63, 3.8) is 0 Å². The maximum absolute atomic E-state index is 5.68. The molecule has 0 aromatic heterocycles. The lowest BCUT2D eigenvalue weighted by Crippen LogP contribution is -2.20. The van der Waals surface area contributed by atoms with Crippen LogP contribution in [-0.2, 0) is 0 Å². The second-order valence-corrected chi connectivity index (χ2v) is 5.71. The molecule has 0 rings (SSSR count). The van der Waals surface area contributed by atoms with Crippen molar-refractivity contribution >= 4 is 9.52 Å². The molecule has 0 aliphatic heterocycles. The summed E-state index contributed by atoms with van der Waals surface area (Å²) in [5.41, 5.74) is 11.1. The van der Waals surface area contributed by atoms with Gasteiger partial charge in [0.05, 0.1) is 0 Å². The van der Waals surface area contributed by atoms with Gasteiger partial charge < -0.3 is 16.8 Å². The third-order valence-corrected chi connectivity index (χ3v) is 4.39. The van der Waals surface area contributed by atoms with Gasteiger partial charge in [0.2, 0.25) is 0 Å². The quantitative estimate of drug-likeness (QED) is 0.355. The Morgan fingerprint density at radius 1 is 1.31 bits per heavy atom. The van der Waals surface area contributed by atoms with E-state index < -0.39 is 0 Å². The Morgan fingerprint density at radius 2 is 2.00 bits per heavy atom. The highest BCUT2D eigenvalue weighted by Gasteiger charge is 1.94. The Kier molecular flexibility index (Phi) is 10.3. The predicted molar refractivity (Wildman–Crippen MR) is 63.0 cm³/mol. The van der Waals surface area contributed by atoms with E-state index in [4.69, 9.17) is 11.5 Å². The Bertz CT molecular complexity index is 98.9. The summed E-state index contributed by atoms with van der Waals surface area (Å²) >= 11 is 0. The van der Waals surface area contributed by atoms with Crippen molar-refractivity contribution in [1.29, 1.82) is 0 Å². The smallest absolute Gasteiger partial charge is 0.0216 e. The van der Waals surface area contributed by atoms with Crippen molar-refractivity contribution in [1.82, 2.24) is 5.32 Å². The summed E-state index contributed by atoms with van der Waals surface area (Å²) in [5, 5.41) is 3.39. The molecule has 5 N–H and O–H groups in total. The van der Waals surface area contributed by atoms with Gasteiger partial charge >= 0.3 is 0 Å². The van der Waals surface area contributed by atoms with Crippen LogP contribution in [0, 0.1) is 0 Å². The van der Waals surface area contributed by atoms with E-state index in [0.717, 1.165) is 26.1 Å². The van der Waals surface area contributed by atoms with Crippen molar-refractivity contribution in [2.75, 3.05) is 19.6 Å². The third kappa shape index (κ3) is 12.1. The van der Waals surface area contributed by atoms with E-state index in [1.54, 1.807) is 0 Å². The first kappa shape index (κ1) is 13.1. The van der Waals surface area contributed by atoms with Crippen LogP contribution in [0.2, 0.25) is 12.1 Å². The number of rotatable bonds is 9. The molecule has 4 heteroatoms. The molecule has 0 aliphatic rings. The van der Waals surface area contributed by atoms with Gasteiger partial charge in [-0.15, -0.1) is 0 Å². The lowest BCUT2D eigenvalue weighted by atomic mass is 10.4. The van der Waals surface area contributed by atoms with Crippen molar-refractivity contribution in [2.45, 2.75) is 37.9 Å². The van der Waals surface area contributed by atoms with Gasteiger partial charge in [-0.05, 0) is 44.6 Å². The minimum absolute atomic E-state index is 0.135. The van der Waals surface area contributed by atoms with E-state index in [1.807, 2.05) is 0 Å². The average Bonchev–Trinajstić information content (AvgIpc) is 2.09. The maximum Gasteiger partial charge on any atom is 0.0216 e. The molecule has 3 nitrogen and oxygen atoms in total. The summed E-state index contributed by atoms with van der Waals surface area (Å²) in [6.07, 6.45) is 2.42. The lowest BCUT2D eigenvalue weighted by Gasteiger charge is -2.04. The van der Waals surface area contributed by atoms with E-state index >= 15 is 0 Å². The van der Waals surface area contributed by atoms with Gasteiger partial charge in [0.1, 0.15) is 0 Å². The summed E-state index contributed by atoms with van der Waals surface area (Å²) in [4.78, 5) is 0. The molecule has 0 aromatic rings. The van der Waals surface area contributed by atoms with Crippen LogP contribution in [0.1, 0.15) is 19.8 Å². The van der Waals surface area contributed by atoms with Crippen molar-refractivity contribution < 1.29 is 0 Å². The minimum Gasteiger partial charge on any atom is -0.330 e. The minimum atomic E-state index is 0.135. The van der Waals surface area contributed by atoms with Gasteiger partial charge in [-0.2, -0.15) is 0 Å². The van der Waals surface area contributed by atoms with Gasteiger partial charge in [-0.1, -0.05) is 13.0 Å². The van der Waals surface area contributed by atoms with Crippen molar-refractivity contribution in [3.05, 3.63) is 0 Å². The van der Waals surface area contributed by atoms with Crippen molar-refractivity contribution in [2.24, 2.45) is 11.5 Å². The Balaban J connectivity index is 2.84. The van der Waals surface area contributed by atoms with Gasteiger partial charge in [-0.3, -0.25) is 0 Å². The first-order valence-corrected chi connectivity index (χ1v) is 7.43. The Morgan fingerprint density at radius 3 is 2.62 bits per heavy atom.